The van der Waals surface area contributed by atoms with Crippen molar-refractivity contribution < 1.29 is 13.9 Å². The molecular weight excluding hydrogens is 417 g/mol. The van der Waals surface area contributed by atoms with Gasteiger partial charge in [0.2, 0.25) is 0 Å². The maximum atomic E-state index is 13.3. The van der Waals surface area contributed by atoms with Crippen LogP contribution in [0.1, 0.15) is 48.5 Å². The molecule has 33 heavy (non-hydrogen) atoms. The van der Waals surface area contributed by atoms with Crippen LogP contribution in [0.15, 0.2) is 54.6 Å². The van der Waals surface area contributed by atoms with Gasteiger partial charge in [-0.15, -0.1) is 0 Å². The fourth-order valence-corrected chi connectivity index (χ4v) is 5.56. The van der Waals surface area contributed by atoms with Crippen LogP contribution < -0.4 is 15.8 Å². The molecule has 2 fully saturated rings. The monoisotopic (exact) mass is 447 g/mol. The van der Waals surface area contributed by atoms with Gasteiger partial charge in [0, 0.05) is 41.1 Å². The molecule has 2 unspecified atom stereocenters. The quantitative estimate of drug-likeness (QED) is 0.528. The molecule has 6 heteroatoms. The highest BCUT2D eigenvalue weighted by Crippen LogP contribution is 2.38. The van der Waals surface area contributed by atoms with Crippen LogP contribution in [-0.2, 0) is 6.54 Å². The third-order valence-electron chi connectivity index (χ3n) is 7.06. The number of nitrogens with one attached hydrogen (secondary N) is 1. The van der Waals surface area contributed by atoms with E-state index in [-0.39, 0.29) is 17.8 Å². The van der Waals surface area contributed by atoms with Crippen molar-refractivity contribution in [2.45, 2.75) is 57.3 Å². The van der Waals surface area contributed by atoms with E-state index in [0.29, 0.717) is 35.7 Å². The van der Waals surface area contributed by atoms with Crippen LogP contribution >= 0.6 is 0 Å². The van der Waals surface area contributed by atoms with Crippen LogP contribution in [0.25, 0.3) is 10.8 Å². The fraction of sp³-hybridized carbons (Fsp3) is 0.370. The number of benzene rings is 3. The first kappa shape index (κ1) is 21.7. The minimum absolute atomic E-state index is 0.113. The summed E-state index contributed by atoms with van der Waals surface area (Å²) in [5.74, 6) is 0.257. The minimum atomic E-state index is -0.205. The van der Waals surface area contributed by atoms with E-state index in [1.54, 1.807) is 6.07 Å². The van der Waals surface area contributed by atoms with E-state index in [4.69, 9.17) is 10.5 Å². The average molecular weight is 448 g/mol. The number of rotatable bonds is 6. The number of hydrogen-bond donors (Lipinski definition) is 2. The Balaban J connectivity index is 1.32. The van der Waals surface area contributed by atoms with Crippen LogP contribution in [0.2, 0.25) is 0 Å². The number of piperidine rings is 1. The average Bonchev–Trinajstić information content (AvgIpc) is 3.04. The van der Waals surface area contributed by atoms with E-state index < -0.39 is 0 Å². The molecule has 2 atom stereocenters. The molecular formula is C27H30FN3O2. The Labute approximate surface area is 193 Å². The van der Waals surface area contributed by atoms with Crippen LogP contribution in [-0.4, -0.2) is 35.5 Å². The molecule has 2 heterocycles. The number of fused-ring (bicyclic) bond motifs is 3. The summed E-state index contributed by atoms with van der Waals surface area (Å²) in [6, 6.07) is 17.2. The largest absolute Gasteiger partial charge is 0.492 e. The smallest absolute Gasteiger partial charge is 0.255 e. The number of nitrogens with two attached hydrogens (primary N) is 1. The van der Waals surface area contributed by atoms with Gasteiger partial charge in [-0.2, -0.15) is 0 Å². The van der Waals surface area contributed by atoms with Gasteiger partial charge in [0.15, 0.2) is 0 Å². The number of halogens is 1. The van der Waals surface area contributed by atoms with Crippen molar-refractivity contribution in [2.24, 2.45) is 0 Å². The molecule has 3 N–H and O–H groups in total. The Hall–Kier alpha value is -3.12. The number of anilines is 1. The number of nitrogens with zero attached hydrogens (tertiary/aromatic N) is 1. The van der Waals surface area contributed by atoms with Gasteiger partial charge in [0.05, 0.1) is 12.2 Å². The Morgan fingerprint density at radius 1 is 1.09 bits per heavy atom. The molecule has 5 rings (SSSR count). The lowest BCUT2D eigenvalue weighted by molar-refractivity contribution is 0.0825. The predicted molar refractivity (Wildman–Crippen MR) is 129 cm³/mol. The van der Waals surface area contributed by atoms with Crippen molar-refractivity contribution in [1.29, 1.82) is 0 Å². The van der Waals surface area contributed by atoms with Crippen LogP contribution in [0.3, 0.4) is 0 Å². The molecule has 2 bridgehead atoms. The van der Waals surface area contributed by atoms with E-state index in [1.165, 1.54) is 12.1 Å². The summed E-state index contributed by atoms with van der Waals surface area (Å²) in [6.45, 7) is 3.22. The summed E-state index contributed by atoms with van der Waals surface area (Å²) in [5, 5.41) is 5.02. The fourth-order valence-electron chi connectivity index (χ4n) is 5.56. The second-order valence-electron chi connectivity index (χ2n) is 9.15. The Morgan fingerprint density at radius 3 is 2.42 bits per heavy atom. The summed E-state index contributed by atoms with van der Waals surface area (Å²) in [7, 11) is 0. The SMILES string of the molecule is CCOc1c(C(=O)NC2CC3CCC(C2)N3Cc2ccc(F)cc2)cc(N)c2ccccc12. The molecule has 2 saturated heterocycles. The molecule has 3 aromatic rings. The number of carbonyl (C=O) groups is 1. The van der Waals surface area contributed by atoms with E-state index >= 15 is 0 Å². The maximum absolute atomic E-state index is 13.3. The predicted octanol–water partition coefficient (Wildman–Crippen LogP) is 4.89. The molecule has 0 aliphatic carbocycles. The van der Waals surface area contributed by atoms with Gasteiger partial charge in [-0.05, 0) is 56.4 Å². The van der Waals surface area contributed by atoms with Crippen molar-refractivity contribution in [1.82, 2.24) is 10.2 Å². The number of hydrogen-bond acceptors (Lipinski definition) is 4. The van der Waals surface area contributed by atoms with Crippen molar-refractivity contribution in [2.75, 3.05) is 12.3 Å². The Morgan fingerprint density at radius 2 is 1.76 bits per heavy atom. The lowest BCUT2D eigenvalue weighted by Crippen LogP contribution is -2.50. The van der Waals surface area contributed by atoms with Crippen LogP contribution in [0, 0.1) is 5.82 Å². The van der Waals surface area contributed by atoms with Crippen LogP contribution in [0.4, 0.5) is 10.1 Å². The summed E-state index contributed by atoms with van der Waals surface area (Å²) >= 11 is 0. The van der Waals surface area contributed by atoms with Gasteiger partial charge in [0.1, 0.15) is 11.6 Å². The van der Waals surface area contributed by atoms with E-state index in [1.807, 2.05) is 43.3 Å². The normalized spacial score (nSPS) is 22.4. The lowest BCUT2D eigenvalue weighted by Gasteiger charge is -2.39. The topological polar surface area (TPSA) is 67.6 Å². The van der Waals surface area contributed by atoms with Gasteiger partial charge in [-0.3, -0.25) is 9.69 Å². The highest BCUT2D eigenvalue weighted by Gasteiger charge is 2.41. The van der Waals surface area contributed by atoms with E-state index in [2.05, 4.69) is 10.2 Å². The zero-order valence-corrected chi connectivity index (χ0v) is 18.9. The van der Waals surface area contributed by atoms with E-state index in [0.717, 1.165) is 48.6 Å². The van der Waals surface area contributed by atoms with Crippen molar-refractivity contribution in [3.63, 3.8) is 0 Å². The molecule has 2 aliphatic heterocycles. The molecule has 0 aromatic heterocycles. The maximum Gasteiger partial charge on any atom is 0.255 e. The molecule has 1 amide bonds. The van der Waals surface area contributed by atoms with Crippen molar-refractivity contribution >= 4 is 22.4 Å². The van der Waals surface area contributed by atoms with Gasteiger partial charge < -0.3 is 15.8 Å². The molecule has 3 aromatic carbocycles. The second kappa shape index (κ2) is 9.02. The number of ether oxygens (including phenoxy) is 1. The number of carbonyl (C=O) groups excluding carboxylic acids is 1. The molecule has 0 radical (unpaired) electrons. The summed E-state index contributed by atoms with van der Waals surface area (Å²) < 4.78 is 19.2. The lowest BCUT2D eigenvalue weighted by atomic mass is 9.95. The molecule has 0 saturated carbocycles. The zero-order chi connectivity index (χ0) is 22.9. The summed E-state index contributed by atoms with van der Waals surface area (Å²) in [6.07, 6.45) is 4.09. The first-order valence-electron chi connectivity index (χ1n) is 11.8. The summed E-state index contributed by atoms with van der Waals surface area (Å²) in [5.41, 5.74) is 8.48. The van der Waals surface area contributed by atoms with Gasteiger partial charge in [0.25, 0.3) is 5.91 Å². The van der Waals surface area contributed by atoms with Gasteiger partial charge >= 0.3 is 0 Å². The Bertz CT molecular complexity index is 1150. The molecule has 5 nitrogen and oxygen atoms in total. The second-order valence-corrected chi connectivity index (χ2v) is 9.15. The first-order valence-corrected chi connectivity index (χ1v) is 11.8. The number of nitrogen functional groups attached to an aromatic ring is 1. The van der Waals surface area contributed by atoms with Gasteiger partial charge in [-0.25, -0.2) is 4.39 Å². The molecule has 172 valence electrons. The molecule has 2 aliphatic rings. The van der Waals surface area contributed by atoms with Crippen molar-refractivity contribution in [3.8, 4) is 5.75 Å². The highest BCUT2D eigenvalue weighted by atomic mass is 19.1. The molecule has 0 spiro atoms. The highest BCUT2D eigenvalue weighted by molar-refractivity contribution is 6.08. The van der Waals surface area contributed by atoms with Crippen molar-refractivity contribution in [3.05, 3.63) is 71.5 Å². The Kier molecular flexibility index (Phi) is 5.94. The van der Waals surface area contributed by atoms with Gasteiger partial charge in [-0.1, -0.05) is 36.4 Å². The zero-order valence-electron chi connectivity index (χ0n) is 18.9. The number of amides is 1. The van der Waals surface area contributed by atoms with Crippen LogP contribution in [0.5, 0.6) is 5.75 Å². The minimum Gasteiger partial charge on any atom is -0.492 e. The third-order valence-corrected chi connectivity index (χ3v) is 7.06. The summed E-state index contributed by atoms with van der Waals surface area (Å²) in [4.78, 5) is 15.9. The first-order chi connectivity index (χ1) is 16.0. The van der Waals surface area contributed by atoms with E-state index in [9.17, 15) is 9.18 Å². The third kappa shape index (κ3) is 4.27. The standard InChI is InChI=1S/C27H30FN3O2/c1-2-33-26-23-6-4-3-5-22(23)25(29)15-24(26)27(32)30-19-13-20-11-12-21(14-19)31(20)16-17-7-9-18(28)10-8-17/h3-10,15,19-21H,2,11-14,16,29H2,1H3,(H,30,32).